The fraction of sp³-hybridized carbons (Fsp3) is 0.757. The van der Waals surface area contributed by atoms with Gasteiger partial charge in [-0.3, -0.25) is 4.79 Å². The van der Waals surface area contributed by atoms with Gasteiger partial charge in [-0.05, 0) is 140 Å². The highest BCUT2D eigenvalue weighted by Gasteiger charge is 2.72. The highest BCUT2D eigenvalue weighted by molar-refractivity contribution is 5.76. The van der Waals surface area contributed by atoms with Gasteiger partial charge in [-0.15, -0.1) is 0 Å². The van der Waals surface area contributed by atoms with Gasteiger partial charge in [0.15, 0.2) is 11.5 Å². The SMILES string of the molecule is C=C(C)C1CCC2(C(=O)O)CCC3(C)C(CCC4C5(C)CCC(NCc6ccc(O)c(O)c6)C(C)(C)C5CCC43C)C12. The molecule has 5 aliphatic rings. The summed E-state index contributed by atoms with van der Waals surface area (Å²) in [7, 11) is 0. The molecule has 6 rings (SSSR count). The van der Waals surface area contributed by atoms with Crippen molar-refractivity contribution in [1.29, 1.82) is 0 Å². The van der Waals surface area contributed by atoms with Crippen molar-refractivity contribution in [2.75, 3.05) is 0 Å². The summed E-state index contributed by atoms with van der Waals surface area (Å²) in [6, 6.07) is 5.52. The first-order valence-corrected chi connectivity index (χ1v) is 16.7. The molecule has 5 fully saturated rings. The number of aliphatic carboxylic acids is 1. The number of phenols is 2. The third kappa shape index (κ3) is 3.93. The number of hydrogen-bond donors (Lipinski definition) is 4. The van der Waals surface area contributed by atoms with Gasteiger partial charge in [-0.25, -0.2) is 0 Å². The van der Waals surface area contributed by atoms with Crippen LogP contribution in [0.2, 0.25) is 0 Å². The Labute approximate surface area is 253 Å². The van der Waals surface area contributed by atoms with E-state index in [1.165, 1.54) is 31.3 Å². The van der Waals surface area contributed by atoms with Crippen LogP contribution in [-0.2, 0) is 11.3 Å². The van der Waals surface area contributed by atoms with E-state index in [1.807, 2.05) is 6.07 Å². The minimum Gasteiger partial charge on any atom is -0.504 e. The molecule has 0 saturated heterocycles. The average molecular weight is 578 g/mol. The number of phenolic OH excluding ortho intramolecular Hbond substituents is 2. The van der Waals surface area contributed by atoms with E-state index in [-0.39, 0.29) is 39.1 Å². The van der Waals surface area contributed by atoms with Gasteiger partial charge in [0.2, 0.25) is 0 Å². The number of nitrogens with one attached hydrogen (secondary N) is 1. The van der Waals surface area contributed by atoms with Crippen molar-refractivity contribution < 1.29 is 20.1 Å². The van der Waals surface area contributed by atoms with Crippen molar-refractivity contribution in [3.05, 3.63) is 35.9 Å². The van der Waals surface area contributed by atoms with Crippen molar-refractivity contribution in [1.82, 2.24) is 5.32 Å². The second kappa shape index (κ2) is 9.74. The topological polar surface area (TPSA) is 89.8 Å². The molecular formula is C37H55NO4. The van der Waals surface area contributed by atoms with Gasteiger partial charge in [0.1, 0.15) is 0 Å². The molecule has 42 heavy (non-hydrogen) atoms. The Bertz CT molecular complexity index is 1270. The third-order valence-electron chi connectivity index (χ3n) is 15.1. The van der Waals surface area contributed by atoms with Crippen LogP contribution in [0.25, 0.3) is 0 Å². The molecule has 0 heterocycles. The van der Waals surface area contributed by atoms with E-state index < -0.39 is 11.4 Å². The Morgan fingerprint density at radius 2 is 1.62 bits per heavy atom. The van der Waals surface area contributed by atoms with Crippen molar-refractivity contribution >= 4 is 5.97 Å². The van der Waals surface area contributed by atoms with Crippen LogP contribution >= 0.6 is 0 Å². The lowest BCUT2D eigenvalue weighted by Gasteiger charge is -2.73. The molecule has 5 heteroatoms. The van der Waals surface area contributed by atoms with Crippen molar-refractivity contribution in [2.24, 2.45) is 56.7 Å². The standard InChI is InChI=1S/C37H55NO4/c1-22(2)24-12-17-37(32(41)42)19-18-35(6)25(31(24)37)9-11-29-34(5)15-14-30(33(3,4)28(34)13-16-36(29,35)7)38-21-23-8-10-26(39)27(40)20-23/h8,10,20,24-25,28-31,38-40H,1,9,11-19,21H2,2-7H3,(H,41,42). The molecule has 1 aromatic carbocycles. The molecule has 1 aromatic rings. The lowest BCUT2D eigenvalue weighted by Crippen LogP contribution is -2.67. The zero-order chi connectivity index (χ0) is 30.5. The number of rotatable bonds is 5. The van der Waals surface area contributed by atoms with Crippen LogP contribution in [-0.4, -0.2) is 27.3 Å². The van der Waals surface area contributed by atoms with E-state index in [0.29, 0.717) is 36.3 Å². The Kier molecular flexibility index (Phi) is 6.97. The number of hydrogen-bond acceptors (Lipinski definition) is 4. The molecule has 10 atom stereocenters. The molecule has 5 saturated carbocycles. The van der Waals surface area contributed by atoms with Gasteiger partial charge >= 0.3 is 5.97 Å². The number of carbonyl (C=O) groups is 1. The van der Waals surface area contributed by atoms with Crippen LogP contribution < -0.4 is 5.32 Å². The second-order valence-corrected chi connectivity index (χ2v) is 16.8. The summed E-state index contributed by atoms with van der Waals surface area (Å²) in [5.41, 5.74) is 2.41. The molecule has 10 unspecified atom stereocenters. The first-order valence-electron chi connectivity index (χ1n) is 16.7. The van der Waals surface area contributed by atoms with Crippen LogP contribution in [0.1, 0.15) is 111 Å². The summed E-state index contributed by atoms with van der Waals surface area (Å²) < 4.78 is 0. The largest absolute Gasteiger partial charge is 0.504 e. The lowest BCUT2D eigenvalue weighted by atomic mass is 9.32. The monoisotopic (exact) mass is 577 g/mol. The molecule has 232 valence electrons. The summed E-state index contributed by atoms with van der Waals surface area (Å²) in [4.78, 5) is 12.9. The third-order valence-corrected chi connectivity index (χ3v) is 15.1. The number of carboxylic acid groups (broad SMARTS) is 1. The maximum absolute atomic E-state index is 12.9. The van der Waals surface area contributed by atoms with Crippen LogP contribution in [0.5, 0.6) is 11.5 Å². The highest BCUT2D eigenvalue weighted by atomic mass is 16.4. The van der Waals surface area contributed by atoms with Crippen LogP contribution in [0.4, 0.5) is 0 Å². The minimum absolute atomic E-state index is 0.0593. The summed E-state index contributed by atoms with van der Waals surface area (Å²) in [5.74, 6) is 1.63. The predicted molar refractivity (Wildman–Crippen MR) is 167 cm³/mol. The van der Waals surface area contributed by atoms with Crippen LogP contribution in [0.15, 0.2) is 30.4 Å². The molecular weight excluding hydrogens is 522 g/mol. The van der Waals surface area contributed by atoms with Gasteiger partial charge in [-0.2, -0.15) is 0 Å². The maximum Gasteiger partial charge on any atom is 0.309 e. The predicted octanol–water partition coefficient (Wildman–Crippen LogP) is 8.30. The number of benzene rings is 1. The van der Waals surface area contributed by atoms with Gasteiger partial charge < -0.3 is 20.6 Å². The lowest BCUT2D eigenvalue weighted by molar-refractivity contribution is -0.240. The number of fused-ring (bicyclic) bond motifs is 7. The Hall–Kier alpha value is -2.01. The van der Waals surface area contributed by atoms with Gasteiger partial charge in [-0.1, -0.05) is 52.8 Å². The van der Waals surface area contributed by atoms with Gasteiger partial charge in [0, 0.05) is 12.6 Å². The first-order chi connectivity index (χ1) is 19.6. The summed E-state index contributed by atoms with van der Waals surface area (Å²) in [6.45, 7) is 20.0. The summed E-state index contributed by atoms with van der Waals surface area (Å²) in [5, 5.41) is 34.2. The zero-order valence-corrected chi connectivity index (χ0v) is 26.9. The number of carboxylic acids is 1. The molecule has 0 aliphatic heterocycles. The smallest absolute Gasteiger partial charge is 0.309 e. The Balaban J connectivity index is 1.27. The van der Waals surface area contributed by atoms with E-state index >= 15 is 0 Å². The van der Waals surface area contributed by atoms with Gasteiger partial charge in [0.05, 0.1) is 5.41 Å². The van der Waals surface area contributed by atoms with Crippen molar-refractivity contribution in [2.45, 2.75) is 118 Å². The van der Waals surface area contributed by atoms with Crippen LogP contribution in [0, 0.1) is 56.7 Å². The molecule has 0 spiro atoms. The first kappa shape index (κ1) is 30.0. The minimum atomic E-state index is -0.557. The van der Waals surface area contributed by atoms with E-state index in [9.17, 15) is 20.1 Å². The summed E-state index contributed by atoms with van der Waals surface area (Å²) >= 11 is 0. The fourth-order valence-electron chi connectivity index (χ4n) is 12.8. The molecule has 0 amide bonds. The average Bonchev–Trinajstić information content (AvgIpc) is 3.32. The second-order valence-electron chi connectivity index (χ2n) is 16.8. The number of aromatic hydroxyl groups is 2. The Morgan fingerprint density at radius 1 is 0.881 bits per heavy atom. The van der Waals surface area contributed by atoms with Crippen molar-refractivity contribution in [3.8, 4) is 11.5 Å². The molecule has 5 nitrogen and oxygen atoms in total. The molecule has 4 N–H and O–H groups in total. The molecule has 0 aromatic heterocycles. The molecule has 0 radical (unpaired) electrons. The van der Waals surface area contributed by atoms with Gasteiger partial charge in [0.25, 0.3) is 0 Å². The highest BCUT2D eigenvalue weighted by Crippen LogP contribution is 2.77. The van der Waals surface area contributed by atoms with E-state index in [0.717, 1.165) is 44.1 Å². The molecule has 5 aliphatic carbocycles. The van der Waals surface area contributed by atoms with E-state index in [1.54, 1.807) is 12.1 Å². The normalized spacial score (nSPS) is 45.7. The maximum atomic E-state index is 12.9. The summed E-state index contributed by atoms with van der Waals surface area (Å²) in [6.07, 6.45) is 10.9. The fourth-order valence-corrected chi connectivity index (χ4v) is 12.8. The van der Waals surface area contributed by atoms with Crippen molar-refractivity contribution in [3.63, 3.8) is 0 Å². The Morgan fingerprint density at radius 3 is 2.29 bits per heavy atom. The zero-order valence-electron chi connectivity index (χ0n) is 26.9. The number of allylic oxidation sites excluding steroid dienone is 1. The quantitative estimate of drug-likeness (QED) is 0.209. The van der Waals surface area contributed by atoms with Crippen LogP contribution in [0.3, 0.4) is 0 Å². The molecule has 0 bridgehead atoms. The van der Waals surface area contributed by atoms with E-state index in [4.69, 9.17) is 0 Å². The van der Waals surface area contributed by atoms with E-state index in [2.05, 4.69) is 53.4 Å².